The van der Waals surface area contributed by atoms with Crippen LogP contribution in [0, 0.1) is 45.6 Å². The van der Waals surface area contributed by atoms with Crippen LogP contribution in [0.25, 0.3) is 0 Å². The van der Waals surface area contributed by atoms with Crippen molar-refractivity contribution >= 4 is 5.71 Å². The molecule has 0 aromatic rings. The summed E-state index contributed by atoms with van der Waals surface area (Å²) >= 11 is 0. The maximum atomic E-state index is 12.5. The molecular formula is C26H41NO. The lowest BCUT2D eigenvalue weighted by atomic mass is 9.49. The Morgan fingerprint density at radius 2 is 2.00 bits per heavy atom. The van der Waals surface area contributed by atoms with Gasteiger partial charge >= 0.3 is 0 Å². The lowest BCUT2D eigenvalue weighted by Gasteiger charge is -2.55. The summed E-state index contributed by atoms with van der Waals surface area (Å²) in [6.07, 6.45) is 17.5. The molecule has 2 fully saturated rings. The van der Waals surface area contributed by atoms with Crippen molar-refractivity contribution < 1.29 is 4.74 Å². The maximum Gasteiger partial charge on any atom is 0.192 e. The van der Waals surface area contributed by atoms with Gasteiger partial charge in [0.05, 0.1) is 5.41 Å². The van der Waals surface area contributed by atoms with Gasteiger partial charge in [0.15, 0.2) is 12.3 Å². The van der Waals surface area contributed by atoms with E-state index < -0.39 is 0 Å². The van der Waals surface area contributed by atoms with Crippen LogP contribution in [0.4, 0.5) is 0 Å². The van der Waals surface area contributed by atoms with E-state index in [4.69, 9.17) is 0 Å². The third-order valence-electron chi connectivity index (χ3n) is 9.47. The minimum absolute atomic E-state index is 0.119. The van der Waals surface area contributed by atoms with Crippen molar-refractivity contribution in [3.05, 3.63) is 29.0 Å². The largest absolute Gasteiger partial charge is 0.624 e. The Bertz CT molecular complexity index is 699. The zero-order valence-corrected chi connectivity index (χ0v) is 18.8. The molecule has 0 bridgehead atoms. The van der Waals surface area contributed by atoms with Crippen LogP contribution < -0.4 is 0 Å². The van der Waals surface area contributed by atoms with Crippen LogP contribution in [0.5, 0.6) is 0 Å². The molecule has 2 saturated carbocycles. The molecule has 0 aromatic carbocycles. The highest BCUT2D eigenvalue weighted by Gasteiger charge is 2.60. The summed E-state index contributed by atoms with van der Waals surface area (Å²) in [5, 5.41) is 12.5. The summed E-state index contributed by atoms with van der Waals surface area (Å²) in [4.78, 5) is 0. The van der Waals surface area contributed by atoms with E-state index in [1.165, 1.54) is 55.3 Å². The third-order valence-corrected chi connectivity index (χ3v) is 9.47. The van der Waals surface area contributed by atoms with Gasteiger partial charge in [0, 0.05) is 12.5 Å². The average molecular weight is 384 g/mol. The number of nitrogens with zero attached hydrogens (tertiary/aromatic N) is 1. The van der Waals surface area contributed by atoms with Gasteiger partial charge in [-0.1, -0.05) is 31.6 Å². The van der Waals surface area contributed by atoms with Gasteiger partial charge < -0.3 is 5.21 Å². The highest BCUT2D eigenvalue weighted by atomic mass is 16.5. The van der Waals surface area contributed by atoms with Gasteiger partial charge in [0.2, 0.25) is 0 Å². The number of fused-ring (bicyclic) bond motifs is 5. The summed E-state index contributed by atoms with van der Waals surface area (Å²) in [5.41, 5.74) is 3.16. The van der Waals surface area contributed by atoms with Gasteiger partial charge in [-0.3, -0.25) is 0 Å². The van der Waals surface area contributed by atoms with Crippen LogP contribution in [0.15, 0.2) is 23.8 Å². The van der Waals surface area contributed by atoms with Gasteiger partial charge in [-0.05, 0) is 101 Å². The summed E-state index contributed by atoms with van der Waals surface area (Å²) in [6.45, 7) is 12.7. The normalized spacial score (nSPS) is 43.2. The van der Waals surface area contributed by atoms with E-state index >= 15 is 0 Å². The molecule has 4 aliphatic rings. The van der Waals surface area contributed by atoms with E-state index in [0.717, 1.165) is 29.9 Å². The Morgan fingerprint density at radius 3 is 2.75 bits per heavy atom. The SMILES string of the molecule is CC(C)=CCC[C@@H](C)[C@H]1CC[C@H]2[C@@H]3C=CC4=[N+]([O-])CCC[C@]4(C)[C@H]3CC[C@]12C. The van der Waals surface area contributed by atoms with E-state index in [9.17, 15) is 5.21 Å². The first kappa shape index (κ1) is 20.2. The molecule has 0 unspecified atom stereocenters. The number of hydrogen-bond donors (Lipinski definition) is 0. The Morgan fingerprint density at radius 1 is 1.21 bits per heavy atom. The van der Waals surface area contributed by atoms with Crippen molar-refractivity contribution in [3.8, 4) is 0 Å². The Labute approximate surface area is 172 Å². The number of hydrogen-bond acceptors (Lipinski definition) is 1. The Hall–Kier alpha value is -1.05. The van der Waals surface area contributed by atoms with Crippen LogP contribution in [-0.2, 0) is 0 Å². The van der Waals surface area contributed by atoms with Gasteiger partial charge in [0.25, 0.3) is 0 Å². The standard InChI is InChI=1S/C26H41NO/c1-18(2)8-6-9-19(3)21-11-12-22-20-10-13-24-26(5,15-7-17-27(24)28)23(20)14-16-25(21,22)4/h8,10,13,19-23H,6-7,9,11-12,14-17H2,1-5H3/t19-,20+,21-,22+,23+,25-,26-/m1/s1. The monoisotopic (exact) mass is 383 g/mol. The molecule has 0 aromatic heterocycles. The van der Waals surface area contributed by atoms with E-state index in [2.05, 4.69) is 52.8 Å². The molecule has 156 valence electrons. The molecule has 2 heteroatoms. The van der Waals surface area contributed by atoms with Crippen LogP contribution >= 0.6 is 0 Å². The molecule has 1 aliphatic heterocycles. The first-order valence-corrected chi connectivity index (χ1v) is 11.9. The van der Waals surface area contributed by atoms with Crippen molar-refractivity contribution in [1.82, 2.24) is 0 Å². The van der Waals surface area contributed by atoms with Crippen LogP contribution in [0.3, 0.4) is 0 Å². The fraction of sp³-hybridized carbons (Fsp3) is 0.808. The smallest absolute Gasteiger partial charge is 0.192 e. The van der Waals surface area contributed by atoms with E-state index in [1.807, 2.05) is 0 Å². The zero-order valence-electron chi connectivity index (χ0n) is 18.8. The molecule has 0 saturated heterocycles. The average Bonchev–Trinajstić information content (AvgIpc) is 2.98. The van der Waals surface area contributed by atoms with Crippen LogP contribution in [-0.4, -0.2) is 17.0 Å². The summed E-state index contributed by atoms with van der Waals surface area (Å²) in [5.74, 6) is 3.88. The summed E-state index contributed by atoms with van der Waals surface area (Å²) in [7, 11) is 0. The Kier molecular flexibility index (Phi) is 5.30. The van der Waals surface area contributed by atoms with Gasteiger partial charge in [-0.2, -0.15) is 0 Å². The van der Waals surface area contributed by atoms with Crippen LogP contribution in [0.2, 0.25) is 0 Å². The molecule has 2 nitrogen and oxygen atoms in total. The molecule has 1 heterocycles. The fourth-order valence-electron chi connectivity index (χ4n) is 7.99. The lowest BCUT2D eigenvalue weighted by molar-refractivity contribution is -0.469. The Balaban J connectivity index is 1.56. The van der Waals surface area contributed by atoms with Gasteiger partial charge in [-0.15, -0.1) is 0 Å². The van der Waals surface area contributed by atoms with Crippen molar-refractivity contribution in [2.24, 2.45) is 40.4 Å². The van der Waals surface area contributed by atoms with Crippen LogP contribution in [0.1, 0.15) is 86.0 Å². The number of hydroxylamine groups is 1. The van der Waals surface area contributed by atoms with Crippen molar-refractivity contribution in [2.75, 3.05) is 6.54 Å². The van der Waals surface area contributed by atoms with Gasteiger partial charge in [0.1, 0.15) is 0 Å². The molecule has 0 amide bonds. The molecule has 4 rings (SSSR count). The van der Waals surface area contributed by atoms with E-state index in [-0.39, 0.29) is 5.41 Å². The van der Waals surface area contributed by atoms with Crippen molar-refractivity contribution in [3.63, 3.8) is 0 Å². The molecule has 0 N–H and O–H groups in total. The first-order valence-electron chi connectivity index (χ1n) is 11.9. The quantitative estimate of drug-likeness (QED) is 0.299. The second kappa shape index (κ2) is 7.33. The van der Waals surface area contributed by atoms with E-state index in [0.29, 0.717) is 23.8 Å². The summed E-state index contributed by atoms with van der Waals surface area (Å²) < 4.78 is 1.31. The number of rotatable bonds is 4. The minimum Gasteiger partial charge on any atom is -0.624 e. The minimum atomic E-state index is 0.119. The fourth-order valence-corrected chi connectivity index (χ4v) is 7.99. The number of allylic oxidation sites excluding steroid dienone is 4. The molecule has 3 aliphatic carbocycles. The molecule has 0 radical (unpaired) electrons. The van der Waals surface area contributed by atoms with E-state index in [1.54, 1.807) is 0 Å². The summed E-state index contributed by atoms with van der Waals surface area (Å²) in [6, 6.07) is 0. The van der Waals surface area contributed by atoms with Gasteiger partial charge in [-0.25, -0.2) is 4.74 Å². The third kappa shape index (κ3) is 3.10. The second-order valence-electron chi connectivity index (χ2n) is 11.2. The molecule has 28 heavy (non-hydrogen) atoms. The molecule has 7 atom stereocenters. The van der Waals surface area contributed by atoms with Crippen molar-refractivity contribution in [2.45, 2.75) is 86.0 Å². The predicted molar refractivity (Wildman–Crippen MR) is 118 cm³/mol. The maximum absolute atomic E-state index is 12.5. The highest BCUT2D eigenvalue weighted by Crippen LogP contribution is 2.65. The highest BCUT2D eigenvalue weighted by molar-refractivity contribution is 5.97. The zero-order chi connectivity index (χ0) is 20.1. The van der Waals surface area contributed by atoms with Crippen molar-refractivity contribution in [1.29, 1.82) is 0 Å². The molecular weight excluding hydrogens is 342 g/mol. The molecule has 0 spiro atoms. The lowest BCUT2D eigenvalue weighted by Crippen LogP contribution is -2.53. The predicted octanol–water partition coefficient (Wildman–Crippen LogP) is 6.75. The second-order valence-corrected chi connectivity index (χ2v) is 11.2. The first-order chi connectivity index (χ1) is 13.3. The topological polar surface area (TPSA) is 26.1 Å².